The van der Waals surface area contributed by atoms with Gasteiger partial charge in [-0.3, -0.25) is 10.1 Å². The Kier molecular flexibility index (Phi) is 5.59. The lowest BCUT2D eigenvalue weighted by atomic mass is 10.1. The van der Waals surface area contributed by atoms with Crippen molar-refractivity contribution in [3.63, 3.8) is 0 Å². The summed E-state index contributed by atoms with van der Waals surface area (Å²) in [5, 5.41) is 3.29. The first-order valence-electron chi connectivity index (χ1n) is 7.39. The van der Waals surface area contributed by atoms with Crippen LogP contribution in [0.4, 0.5) is 0 Å². The first kappa shape index (κ1) is 15.8. The Hall–Kier alpha value is -1.59. The second-order valence-corrected chi connectivity index (χ2v) is 5.22. The molecule has 116 valence electrons. The lowest BCUT2D eigenvalue weighted by Crippen LogP contribution is -2.42. The molecule has 5 nitrogen and oxygen atoms in total. The average molecular weight is 292 g/mol. The van der Waals surface area contributed by atoms with Crippen molar-refractivity contribution >= 4 is 5.91 Å². The van der Waals surface area contributed by atoms with E-state index in [1.165, 1.54) is 0 Å². The maximum atomic E-state index is 12.3. The van der Waals surface area contributed by atoms with Crippen molar-refractivity contribution < 1.29 is 14.3 Å². The highest BCUT2D eigenvalue weighted by atomic mass is 16.5. The van der Waals surface area contributed by atoms with Crippen LogP contribution >= 0.6 is 0 Å². The highest BCUT2D eigenvalue weighted by Gasteiger charge is 2.37. The van der Waals surface area contributed by atoms with E-state index in [2.05, 4.69) is 12.2 Å². The number of rotatable bonds is 7. The number of benzene rings is 1. The van der Waals surface area contributed by atoms with E-state index in [1.807, 2.05) is 29.2 Å². The van der Waals surface area contributed by atoms with Gasteiger partial charge in [0.25, 0.3) is 0 Å². The Morgan fingerprint density at radius 1 is 1.38 bits per heavy atom. The van der Waals surface area contributed by atoms with Crippen molar-refractivity contribution in [3.05, 3.63) is 29.8 Å². The monoisotopic (exact) mass is 292 g/mol. The van der Waals surface area contributed by atoms with Crippen molar-refractivity contribution in [2.24, 2.45) is 0 Å². The van der Waals surface area contributed by atoms with Crippen LogP contribution in [0.15, 0.2) is 24.3 Å². The standard InChI is InChI=1S/C16H24N2O3/c1-4-7-12(11-20-2)18-15(19)10-17-16(18)13-8-5-6-9-14(13)21-3/h5-6,8-9,12,16-17H,4,7,10-11H2,1-3H3. The molecular weight excluding hydrogens is 268 g/mol. The lowest BCUT2D eigenvalue weighted by Gasteiger charge is -2.33. The summed E-state index contributed by atoms with van der Waals surface area (Å²) in [4.78, 5) is 14.2. The summed E-state index contributed by atoms with van der Waals surface area (Å²) >= 11 is 0. The molecule has 0 aliphatic carbocycles. The van der Waals surface area contributed by atoms with Crippen molar-refractivity contribution in [2.45, 2.75) is 32.0 Å². The first-order valence-corrected chi connectivity index (χ1v) is 7.39. The van der Waals surface area contributed by atoms with Gasteiger partial charge in [-0.2, -0.15) is 0 Å². The Morgan fingerprint density at radius 2 is 2.14 bits per heavy atom. The van der Waals surface area contributed by atoms with Gasteiger partial charge in [-0.25, -0.2) is 0 Å². The van der Waals surface area contributed by atoms with E-state index < -0.39 is 0 Å². The van der Waals surface area contributed by atoms with Gasteiger partial charge in [0.05, 0.1) is 26.3 Å². The molecule has 2 rings (SSSR count). The van der Waals surface area contributed by atoms with Crippen LogP contribution in [0.1, 0.15) is 31.5 Å². The third-order valence-electron chi connectivity index (χ3n) is 3.82. The predicted molar refractivity (Wildman–Crippen MR) is 81.2 cm³/mol. The second kappa shape index (κ2) is 7.43. The molecular formula is C16H24N2O3. The average Bonchev–Trinajstić information content (AvgIpc) is 2.88. The molecule has 1 saturated heterocycles. The van der Waals surface area contributed by atoms with Crippen LogP contribution < -0.4 is 10.1 Å². The van der Waals surface area contributed by atoms with E-state index in [9.17, 15) is 4.79 Å². The smallest absolute Gasteiger partial charge is 0.238 e. The third-order valence-corrected chi connectivity index (χ3v) is 3.82. The Labute approximate surface area is 126 Å². The molecule has 1 aliphatic rings. The maximum Gasteiger partial charge on any atom is 0.238 e. The molecule has 1 aliphatic heterocycles. The number of ether oxygens (including phenoxy) is 2. The molecule has 1 amide bonds. The molecule has 0 aromatic heterocycles. The molecule has 1 aromatic carbocycles. The van der Waals surface area contributed by atoms with E-state index >= 15 is 0 Å². The summed E-state index contributed by atoms with van der Waals surface area (Å²) in [6, 6.07) is 7.90. The molecule has 1 aromatic rings. The summed E-state index contributed by atoms with van der Waals surface area (Å²) < 4.78 is 10.7. The number of hydrogen-bond acceptors (Lipinski definition) is 4. The number of nitrogens with zero attached hydrogens (tertiary/aromatic N) is 1. The maximum absolute atomic E-state index is 12.3. The van der Waals surface area contributed by atoms with Gasteiger partial charge < -0.3 is 14.4 Å². The molecule has 1 N–H and O–H groups in total. The van der Waals surface area contributed by atoms with Gasteiger partial charge in [-0.1, -0.05) is 31.5 Å². The highest BCUT2D eigenvalue weighted by Crippen LogP contribution is 2.32. The Balaban J connectivity index is 2.30. The van der Waals surface area contributed by atoms with Crippen molar-refractivity contribution in [2.75, 3.05) is 27.4 Å². The molecule has 0 bridgehead atoms. The van der Waals surface area contributed by atoms with Gasteiger partial charge in [-0.15, -0.1) is 0 Å². The minimum atomic E-state index is -0.152. The van der Waals surface area contributed by atoms with E-state index in [1.54, 1.807) is 14.2 Å². The van der Waals surface area contributed by atoms with Crippen LogP contribution in [-0.4, -0.2) is 44.2 Å². The number of carbonyl (C=O) groups is 1. The minimum Gasteiger partial charge on any atom is -0.496 e. The summed E-state index contributed by atoms with van der Waals surface area (Å²) in [6.07, 6.45) is 1.78. The van der Waals surface area contributed by atoms with Gasteiger partial charge in [-0.05, 0) is 12.5 Å². The molecule has 2 atom stereocenters. The number of amides is 1. The predicted octanol–water partition coefficient (Wildman–Crippen LogP) is 1.94. The van der Waals surface area contributed by atoms with Gasteiger partial charge in [0.2, 0.25) is 5.91 Å². The molecule has 1 heterocycles. The fourth-order valence-electron chi connectivity index (χ4n) is 2.91. The SMILES string of the molecule is CCCC(COC)N1C(=O)CNC1c1ccccc1OC. The van der Waals surface area contributed by atoms with Crippen molar-refractivity contribution in [1.29, 1.82) is 0 Å². The number of carbonyl (C=O) groups excluding carboxylic acids is 1. The highest BCUT2D eigenvalue weighted by molar-refractivity contribution is 5.81. The fourth-order valence-corrected chi connectivity index (χ4v) is 2.91. The second-order valence-electron chi connectivity index (χ2n) is 5.22. The molecule has 21 heavy (non-hydrogen) atoms. The summed E-state index contributed by atoms with van der Waals surface area (Å²) in [5.74, 6) is 0.906. The number of methoxy groups -OCH3 is 2. The molecule has 2 unspecified atom stereocenters. The molecule has 5 heteroatoms. The summed E-state index contributed by atoms with van der Waals surface area (Å²) in [5.41, 5.74) is 0.989. The van der Waals surface area contributed by atoms with Crippen LogP contribution in [0.25, 0.3) is 0 Å². The zero-order valence-electron chi connectivity index (χ0n) is 13.0. The Morgan fingerprint density at radius 3 is 2.81 bits per heavy atom. The van der Waals surface area contributed by atoms with Crippen molar-refractivity contribution in [3.8, 4) is 5.75 Å². The van der Waals surface area contributed by atoms with Gasteiger partial charge in [0, 0.05) is 12.7 Å². The van der Waals surface area contributed by atoms with Gasteiger partial charge in [0.15, 0.2) is 0 Å². The number of hydrogen-bond donors (Lipinski definition) is 1. The molecule has 0 spiro atoms. The zero-order chi connectivity index (χ0) is 15.2. The minimum absolute atomic E-state index is 0.0809. The third kappa shape index (κ3) is 3.36. The largest absolute Gasteiger partial charge is 0.496 e. The summed E-state index contributed by atoms with van der Waals surface area (Å²) in [7, 11) is 3.33. The topological polar surface area (TPSA) is 50.8 Å². The van der Waals surface area contributed by atoms with Gasteiger partial charge in [0.1, 0.15) is 11.9 Å². The fraction of sp³-hybridized carbons (Fsp3) is 0.562. The molecule has 0 radical (unpaired) electrons. The van der Waals surface area contributed by atoms with Crippen LogP contribution in [0, 0.1) is 0 Å². The van der Waals surface area contributed by atoms with Crippen LogP contribution in [0.3, 0.4) is 0 Å². The molecule has 1 fully saturated rings. The summed E-state index contributed by atoms with van der Waals surface area (Å²) in [6.45, 7) is 3.02. The van der Waals surface area contributed by atoms with Crippen molar-refractivity contribution in [1.82, 2.24) is 10.2 Å². The van der Waals surface area contributed by atoms with Gasteiger partial charge >= 0.3 is 0 Å². The van der Waals surface area contributed by atoms with Crippen LogP contribution in [0.5, 0.6) is 5.75 Å². The zero-order valence-corrected chi connectivity index (χ0v) is 13.0. The van der Waals surface area contributed by atoms with E-state index in [4.69, 9.17) is 9.47 Å². The lowest BCUT2D eigenvalue weighted by molar-refractivity contribution is -0.131. The normalized spacial score (nSPS) is 19.9. The van der Waals surface area contributed by atoms with E-state index in [0.717, 1.165) is 24.2 Å². The number of nitrogens with one attached hydrogen (secondary N) is 1. The first-order chi connectivity index (χ1) is 10.2. The van der Waals surface area contributed by atoms with Crippen LogP contribution in [0.2, 0.25) is 0 Å². The molecule has 0 saturated carbocycles. The quantitative estimate of drug-likeness (QED) is 0.834. The Bertz CT molecular complexity index is 472. The van der Waals surface area contributed by atoms with E-state index in [-0.39, 0.29) is 18.1 Å². The van der Waals surface area contributed by atoms with E-state index in [0.29, 0.717) is 13.2 Å². The van der Waals surface area contributed by atoms with Crippen LogP contribution in [-0.2, 0) is 9.53 Å². The number of para-hydroxylation sites is 1.